The average molecular weight is 332 g/mol. The third kappa shape index (κ3) is 2.08. The number of carbonyl (C=O) groups is 1. The minimum atomic E-state index is -0.475. The number of rotatable bonds is 2. The number of hydrogen-bond acceptors (Lipinski definition) is 4. The molecule has 0 saturated carbocycles. The summed E-state index contributed by atoms with van der Waals surface area (Å²) in [6.45, 7) is 0. The first kappa shape index (κ1) is 12.8. The Morgan fingerprint density at radius 3 is 2.95 bits per heavy atom. The van der Waals surface area contributed by atoms with Crippen LogP contribution in [0.25, 0.3) is 16.6 Å². The first-order chi connectivity index (χ1) is 9.70. The fraction of sp³-hybridized carbons (Fsp3) is 0.0714. The van der Waals surface area contributed by atoms with Gasteiger partial charge in [-0.05, 0) is 24.3 Å². The summed E-state index contributed by atoms with van der Waals surface area (Å²) in [5, 5.41) is 5.02. The number of hydrogen-bond donors (Lipinski definition) is 0. The summed E-state index contributed by atoms with van der Waals surface area (Å²) in [6.07, 6.45) is 3.28. The van der Waals surface area contributed by atoms with Gasteiger partial charge in [0.1, 0.15) is 0 Å². The van der Waals surface area contributed by atoms with Crippen LogP contribution in [0, 0.1) is 0 Å². The molecular weight excluding hydrogens is 322 g/mol. The predicted molar refractivity (Wildman–Crippen MR) is 77.9 cm³/mol. The van der Waals surface area contributed by atoms with Crippen molar-refractivity contribution < 1.29 is 9.53 Å². The minimum Gasteiger partial charge on any atom is -0.464 e. The lowest BCUT2D eigenvalue weighted by molar-refractivity contribution is 0.0595. The van der Waals surface area contributed by atoms with Crippen molar-refractivity contribution in [3.63, 3.8) is 0 Å². The topological polar surface area (TPSA) is 57.0 Å². The number of aromatic nitrogens is 3. The summed E-state index contributed by atoms with van der Waals surface area (Å²) in [7, 11) is 1.34. The van der Waals surface area contributed by atoms with Gasteiger partial charge in [-0.3, -0.25) is 4.98 Å². The average Bonchev–Trinajstić information content (AvgIpc) is 2.86. The molecule has 0 aliphatic heterocycles. The zero-order valence-electron chi connectivity index (χ0n) is 10.6. The zero-order chi connectivity index (χ0) is 14.1. The molecule has 1 aromatic carbocycles. The Kier molecular flexibility index (Phi) is 3.23. The molecule has 3 rings (SSSR count). The van der Waals surface area contributed by atoms with Crippen molar-refractivity contribution in [3.05, 3.63) is 52.9 Å². The summed E-state index contributed by atoms with van der Waals surface area (Å²) >= 11 is 3.43. The maximum atomic E-state index is 11.8. The molecule has 0 atom stereocenters. The molecule has 0 aliphatic carbocycles. The van der Waals surface area contributed by atoms with Crippen LogP contribution in [0.3, 0.4) is 0 Å². The van der Waals surface area contributed by atoms with Crippen molar-refractivity contribution in [2.75, 3.05) is 7.11 Å². The van der Waals surface area contributed by atoms with Gasteiger partial charge in [0.15, 0.2) is 5.69 Å². The summed E-state index contributed by atoms with van der Waals surface area (Å²) in [6, 6.07) is 9.49. The number of halogens is 1. The highest BCUT2D eigenvalue weighted by molar-refractivity contribution is 9.10. The Hall–Kier alpha value is -2.21. The number of esters is 1. The highest BCUT2D eigenvalue weighted by atomic mass is 79.9. The third-order valence-corrected chi connectivity index (χ3v) is 3.41. The Labute approximate surface area is 123 Å². The molecule has 6 heteroatoms. The van der Waals surface area contributed by atoms with Crippen LogP contribution in [0.5, 0.6) is 0 Å². The number of carbonyl (C=O) groups excluding carboxylic acids is 1. The molecule has 0 fully saturated rings. The lowest BCUT2D eigenvalue weighted by Gasteiger charge is -2.03. The van der Waals surface area contributed by atoms with E-state index in [0.717, 1.165) is 15.7 Å². The van der Waals surface area contributed by atoms with Crippen LogP contribution in [0.4, 0.5) is 0 Å². The van der Waals surface area contributed by atoms with Gasteiger partial charge in [-0.2, -0.15) is 5.10 Å². The second-order valence-electron chi connectivity index (χ2n) is 4.12. The summed E-state index contributed by atoms with van der Waals surface area (Å²) in [4.78, 5) is 15.8. The van der Waals surface area contributed by atoms with Crippen LogP contribution in [0.15, 0.2) is 47.2 Å². The monoisotopic (exact) mass is 331 g/mol. The second-order valence-corrected chi connectivity index (χ2v) is 5.04. The molecule has 20 heavy (non-hydrogen) atoms. The van der Waals surface area contributed by atoms with Crippen LogP contribution in [0.1, 0.15) is 10.5 Å². The summed E-state index contributed by atoms with van der Waals surface area (Å²) in [5.41, 5.74) is 1.92. The first-order valence-electron chi connectivity index (χ1n) is 5.87. The molecule has 0 bridgehead atoms. The highest BCUT2D eigenvalue weighted by Crippen LogP contribution is 2.23. The Morgan fingerprint density at radius 2 is 2.20 bits per heavy atom. The van der Waals surface area contributed by atoms with E-state index in [4.69, 9.17) is 4.74 Å². The van der Waals surface area contributed by atoms with E-state index in [1.807, 2.05) is 30.3 Å². The van der Waals surface area contributed by atoms with E-state index in [1.54, 1.807) is 17.1 Å². The van der Waals surface area contributed by atoms with E-state index in [9.17, 15) is 4.79 Å². The van der Waals surface area contributed by atoms with Gasteiger partial charge in [-0.15, -0.1) is 0 Å². The SMILES string of the molecule is COC(=O)c1nn(-c2cccc(Br)c2)c2ccncc12. The maximum absolute atomic E-state index is 11.8. The predicted octanol–water partition coefficient (Wildman–Crippen LogP) is 2.97. The zero-order valence-corrected chi connectivity index (χ0v) is 12.2. The molecule has 0 radical (unpaired) electrons. The quantitative estimate of drug-likeness (QED) is 0.677. The minimum absolute atomic E-state index is 0.260. The van der Waals surface area contributed by atoms with E-state index < -0.39 is 5.97 Å². The van der Waals surface area contributed by atoms with Crippen LogP contribution in [0.2, 0.25) is 0 Å². The molecular formula is C14H10BrN3O2. The third-order valence-electron chi connectivity index (χ3n) is 2.91. The van der Waals surface area contributed by atoms with Crippen LogP contribution in [-0.2, 0) is 4.74 Å². The van der Waals surface area contributed by atoms with Crippen molar-refractivity contribution in [2.24, 2.45) is 0 Å². The Morgan fingerprint density at radius 1 is 1.35 bits per heavy atom. The molecule has 0 saturated heterocycles. The number of pyridine rings is 1. The van der Waals surface area contributed by atoms with Gasteiger partial charge in [0.05, 0.1) is 23.7 Å². The first-order valence-corrected chi connectivity index (χ1v) is 6.67. The van der Waals surface area contributed by atoms with Crippen molar-refractivity contribution in [3.8, 4) is 5.69 Å². The maximum Gasteiger partial charge on any atom is 0.359 e. The van der Waals surface area contributed by atoms with E-state index in [-0.39, 0.29) is 5.69 Å². The largest absolute Gasteiger partial charge is 0.464 e. The van der Waals surface area contributed by atoms with Crippen molar-refractivity contribution in [1.29, 1.82) is 0 Å². The van der Waals surface area contributed by atoms with Crippen molar-refractivity contribution >= 4 is 32.8 Å². The van der Waals surface area contributed by atoms with Gasteiger partial charge in [0.25, 0.3) is 0 Å². The molecule has 0 aliphatic rings. The molecule has 2 heterocycles. The fourth-order valence-corrected chi connectivity index (χ4v) is 2.40. The molecule has 3 aromatic rings. The van der Waals surface area contributed by atoms with E-state index in [0.29, 0.717) is 5.39 Å². The van der Waals surface area contributed by atoms with Crippen LogP contribution in [-0.4, -0.2) is 27.8 Å². The smallest absolute Gasteiger partial charge is 0.359 e. The van der Waals surface area contributed by atoms with Gasteiger partial charge in [-0.25, -0.2) is 9.48 Å². The highest BCUT2D eigenvalue weighted by Gasteiger charge is 2.18. The summed E-state index contributed by atoms with van der Waals surface area (Å²) in [5.74, 6) is -0.475. The van der Waals surface area contributed by atoms with Crippen LogP contribution < -0.4 is 0 Å². The number of fused-ring (bicyclic) bond motifs is 1. The van der Waals surface area contributed by atoms with E-state index in [1.165, 1.54) is 7.11 Å². The Balaban J connectivity index is 2.29. The molecule has 5 nitrogen and oxygen atoms in total. The van der Waals surface area contributed by atoms with E-state index >= 15 is 0 Å². The normalized spacial score (nSPS) is 10.7. The lowest BCUT2D eigenvalue weighted by Crippen LogP contribution is -2.04. The van der Waals surface area contributed by atoms with Crippen molar-refractivity contribution in [2.45, 2.75) is 0 Å². The number of methoxy groups -OCH3 is 1. The van der Waals surface area contributed by atoms with Gasteiger partial charge in [-0.1, -0.05) is 22.0 Å². The van der Waals surface area contributed by atoms with Crippen LogP contribution >= 0.6 is 15.9 Å². The standard InChI is InChI=1S/C14H10BrN3O2/c1-20-14(19)13-11-8-16-6-5-12(11)18(17-13)10-4-2-3-9(15)7-10/h2-8H,1H3. The second kappa shape index (κ2) is 5.05. The molecule has 0 N–H and O–H groups in total. The van der Waals surface area contributed by atoms with Gasteiger partial charge in [0.2, 0.25) is 0 Å². The Bertz CT molecular complexity index is 798. The fourth-order valence-electron chi connectivity index (χ4n) is 2.01. The summed E-state index contributed by atoms with van der Waals surface area (Å²) < 4.78 is 7.41. The van der Waals surface area contributed by atoms with E-state index in [2.05, 4.69) is 26.0 Å². The number of nitrogens with zero attached hydrogens (tertiary/aromatic N) is 3. The van der Waals surface area contributed by atoms with Gasteiger partial charge >= 0.3 is 5.97 Å². The molecule has 100 valence electrons. The number of benzene rings is 1. The molecule has 2 aromatic heterocycles. The molecule has 0 amide bonds. The van der Waals surface area contributed by atoms with Gasteiger partial charge < -0.3 is 4.74 Å². The molecule has 0 spiro atoms. The van der Waals surface area contributed by atoms with Gasteiger partial charge in [0, 0.05) is 16.9 Å². The van der Waals surface area contributed by atoms with Crippen molar-refractivity contribution in [1.82, 2.24) is 14.8 Å². The number of ether oxygens (including phenoxy) is 1. The molecule has 0 unspecified atom stereocenters. The lowest BCUT2D eigenvalue weighted by atomic mass is 10.2.